The lowest BCUT2D eigenvalue weighted by Gasteiger charge is -2.36. The molecule has 2 heterocycles. The lowest BCUT2D eigenvalue weighted by atomic mass is 9.94. The first-order chi connectivity index (χ1) is 13.9. The van der Waals surface area contributed by atoms with Gasteiger partial charge in [0.05, 0.1) is 5.52 Å². The van der Waals surface area contributed by atoms with E-state index in [1.54, 1.807) is 15.5 Å². The second-order valence-corrected chi connectivity index (χ2v) is 8.08. The molecule has 29 heavy (non-hydrogen) atoms. The molecule has 0 saturated heterocycles. The van der Waals surface area contributed by atoms with Crippen LogP contribution in [0.25, 0.3) is 10.9 Å². The standard InChI is InChI=1S/C24H27N3O2/c1-17-12-23(28)27(22-11-7-6-10-21(17)22)16-24(29)26(3)15-20-13-18-8-4-5-9-19(18)14-25(20)2/h4-12,20H,13-16H2,1-3H3/t20-/m0/s1. The first-order valence-corrected chi connectivity index (χ1v) is 10.0. The number of aromatic nitrogens is 1. The van der Waals surface area contributed by atoms with Crippen molar-refractivity contribution in [2.75, 3.05) is 20.6 Å². The minimum Gasteiger partial charge on any atom is -0.343 e. The quantitative estimate of drug-likeness (QED) is 0.689. The van der Waals surface area contributed by atoms with Crippen LogP contribution in [0.3, 0.4) is 0 Å². The zero-order valence-corrected chi connectivity index (χ0v) is 17.3. The van der Waals surface area contributed by atoms with Crippen molar-refractivity contribution in [1.29, 1.82) is 0 Å². The van der Waals surface area contributed by atoms with Crippen molar-refractivity contribution in [1.82, 2.24) is 14.4 Å². The van der Waals surface area contributed by atoms with Gasteiger partial charge in [0.1, 0.15) is 6.54 Å². The molecule has 2 aromatic carbocycles. The van der Waals surface area contributed by atoms with E-state index in [1.165, 1.54) is 11.1 Å². The van der Waals surface area contributed by atoms with Gasteiger partial charge in [0.15, 0.2) is 0 Å². The maximum atomic E-state index is 13.0. The molecule has 1 aliphatic rings. The first kappa shape index (κ1) is 19.4. The molecule has 1 atom stereocenters. The Morgan fingerprint density at radius 1 is 1.10 bits per heavy atom. The number of amides is 1. The monoisotopic (exact) mass is 389 g/mol. The molecule has 0 unspecified atom stereocenters. The normalized spacial score (nSPS) is 16.6. The summed E-state index contributed by atoms with van der Waals surface area (Å²) in [6.45, 7) is 3.52. The van der Waals surface area contributed by atoms with Crippen LogP contribution in [0.1, 0.15) is 16.7 Å². The second-order valence-electron chi connectivity index (χ2n) is 8.08. The number of fused-ring (bicyclic) bond motifs is 2. The third-order valence-electron chi connectivity index (χ3n) is 6.05. The summed E-state index contributed by atoms with van der Waals surface area (Å²) in [5.41, 5.74) is 4.33. The number of rotatable bonds is 4. The van der Waals surface area contributed by atoms with Crippen LogP contribution in [0.15, 0.2) is 59.4 Å². The Morgan fingerprint density at radius 3 is 2.59 bits per heavy atom. The van der Waals surface area contributed by atoms with Gasteiger partial charge in [0, 0.05) is 37.6 Å². The Bertz CT molecular complexity index is 1120. The highest BCUT2D eigenvalue weighted by Crippen LogP contribution is 2.22. The predicted molar refractivity (Wildman–Crippen MR) is 116 cm³/mol. The van der Waals surface area contributed by atoms with Gasteiger partial charge in [0.25, 0.3) is 5.56 Å². The van der Waals surface area contributed by atoms with Crippen LogP contribution in [0.4, 0.5) is 0 Å². The molecule has 1 amide bonds. The van der Waals surface area contributed by atoms with Gasteiger partial charge < -0.3 is 4.90 Å². The third kappa shape index (κ3) is 3.83. The molecule has 0 saturated carbocycles. The molecular weight excluding hydrogens is 362 g/mol. The molecule has 5 nitrogen and oxygen atoms in total. The summed E-state index contributed by atoms with van der Waals surface area (Å²) in [6, 6.07) is 18.1. The van der Waals surface area contributed by atoms with Crippen molar-refractivity contribution in [2.24, 2.45) is 0 Å². The van der Waals surface area contributed by atoms with E-state index < -0.39 is 0 Å². The van der Waals surface area contributed by atoms with Crippen LogP contribution in [-0.2, 0) is 24.3 Å². The van der Waals surface area contributed by atoms with Crippen molar-refractivity contribution < 1.29 is 4.79 Å². The number of hydrogen-bond donors (Lipinski definition) is 0. The Balaban J connectivity index is 1.51. The van der Waals surface area contributed by atoms with Crippen LogP contribution in [0, 0.1) is 6.92 Å². The summed E-state index contributed by atoms with van der Waals surface area (Å²) in [6.07, 6.45) is 0.928. The van der Waals surface area contributed by atoms with E-state index in [-0.39, 0.29) is 24.1 Å². The van der Waals surface area contributed by atoms with E-state index >= 15 is 0 Å². The van der Waals surface area contributed by atoms with Crippen molar-refractivity contribution >= 4 is 16.8 Å². The van der Waals surface area contributed by atoms with Crippen LogP contribution in [0.5, 0.6) is 0 Å². The SMILES string of the molecule is Cc1cc(=O)n(CC(=O)N(C)C[C@@H]2Cc3ccccc3CN2C)c2ccccc12. The van der Waals surface area contributed by atoms with Crippen molar-refractivity contribution in [3.8, 4) is 0 Å². The van der Waals surface area contributed by atoms with Crippen molar-refractivity contribution in [3.05, 3.63) is 81.6 Å². The van der Waals surface area contributed by atoms with E-state index in [0.717, 1.165) is 29.4 Å². The molecule has 0 fully saturated rings. The number of aryl methyl sites for hydroxylation is 1. The smallest absolute Gasteiger partial charge is 0.251 e. The van der Waals surface area contributed by atoms with Gasteiger partial charge in [-0.3, -0.25) is 19.1 Å². The van der Waals surface area contributed by atoms with Crippen molar-refractivity contribution in [3.63, 3.8) is 0 Å². The Hall–Kier alpha value is -2.92. The average Bonchev–Trinajstić information content (AvgIpc) is 2.71. The zero-order valence-electron chi connectivity index (χ0n) is 17.3. The summed E-state index contributed by atoms with van der Waals surface area (Å²) >= 11 is 0. The Labute approximate surface area is 171 Å². The molecule has 4 rings (SSSR count). The fourth-order valence-electron chi connectivity index (χ4n) is 4.26. The van der Waals surface area contributed by atoms with E-state index in [9.17, 15) is 9.59 Å². The number of likely N-dealkylation sites (N-methyl/N-ethyl adjacent to an activating group) is 2. The number of para-hydroxylation sites is 1. The number of carbonyl (C=O) groups excluding carboxylic acids is 1. The second kappa shape index (κ2) is 7.84. The summed E-state index contributed by atoms with van der Waals surface area (Å²) < 4.78 is 1.58. The topological polar surface area (TPSA) is 45.6 Å². The van der Waals surface area contributed by atoms with E-state index in [2.05, 4.69) is 36.2 Å². The van der Waals surface area contributed by atoms with Crippen LogP contribution in [-0.4, -0.2) is 47.0 Å². The zero-order chi connectivity index (χ0) is 20.5. The molecule has 0 aliphatic carbocycles. The van der Waals surface area contributed by atoms with Crippen LogP contribution < -0.4 is 5.56 Å². The minimum atomic E-state index is -0.133. The number of pyridine rings is 1. The molecule has 150 valence electrons. The highest BCUT2D eigenvalue weighted by Gasteiger charge is 2.25. The number of benzene rings is 2. The number of nitrogens with zero attached hydrogens (tertiary/aromatic N) is 3. The highest BCUT2D eigenvalue weighted by atomic mass is 16.2. The maximum Gasteiger partial charge on any atom is 0.251 e. The molecule has 0 bridgehead atoms. The summed E-state index contributed by atoms with van der Waals surface area (Å²) in [7, 11) is 3.94. The van der Waals surface area contributed by atoms with E-state index in [4.69, 9.17) is 0 Å². The fraction of sp³-hybridized carbons (Fsp3) is 0.333. The molecule has 5 heteroatoms. The molecule has 3 aromatic rings. The van der Waals surface area contributed by atoms with Crippen LogP contribution in [0.2, 0.25) is 0 Å². The Kier molecular flexibility index (Phi) is 5.24. The molecule has 0 N–H and O–H groups in total. The molecular formula is C24H27N3O2. The molecule has 1 aliphatic heterocycles. The highest BCUT2D eigenvalue weighted by molar-refractivity contribution is 5.84. The lowest BCUT2D eigenvalue weighted by molar-refractivity contribution is -0.131. The molecule has 1 aromatic heterocycles. The first-order valence-electron chi connectivity index (χ1n) is 10.0. The molecule has 0 spiro atoms. The third-order valence-corrected chi connectivity index (χ3v) is 6.05. The van der Waals surface area contributed by atoms with Gasteiger partial charge >= 0.3 is 0 Å². The summed E-state index contributed by atoms with van der Waals surface area (Å²) in [5, 5.41) is 1.01. The molecule has 0 radical (unpaired) electrons. The largest absolute Gasteiger partial charge is 0.343 e. The number of hydrogen-bond acceptors (Lipinski definition) is 3. The van der Waals surface area contributed by atoms with Gasteiger partial charge in [-0.25, -0.2) is 0 Å². The fourth-order valence-corrected chi connectivity index (χ4v) is 4.26. The van der Waals surface area contributed by atoms with Gasteiger partial charge in [0.2, 0.25) is 5.91 Å². The van der Waals surface area contributed by atoms with Gasteiger partial charge in [-0.2, -0.15) is 0 Å². The van der Waals surface area contributed by atoms with Gasteiger partial charge in [-0.15, -0.1) is 0 Å². The summed E-state index contributed by atoms with van der Waals surface area (Å²) in [4.78, 5) is 29.6. The maximum absolute atomic E-state index is 13.0. The minimum absolute atomic E-state index is 0.0478. The van der Waals surface area contributed by atoms with Gasteiger partial charge in [-0.05, 0) is 43.1 Å². The number of carbonyl (C=O) groups is 1. The average molecular weight is 389 g/mol. The van der Waals surface area contributed by atoms with Crippen molar-refractivity contribution in [2.45, 2.75) is 32.5 Å². The van der Waals surface area contributed by atoms with Crippen LogP contribution >= 0.6 is 0 Å². The predicted octanol–water partition coefficient (Wildman–Crippen LogP) is 2.83. The van der Waals surface area contributed by atoms with Gasteiger partial charge in [-0.1, -0.05) is 42.5 Å². The summed E-state index contributed by atoms with van der Waals surface area (Å²) in [5.74, 6) is -0.0478. The Morgan fingerprint density at radius 2 is 1.79 bits per heavy atom. The van der Waals surface area contributed by atoms with E-state index in [1.807, 2.05) is 38.2 Å². The van der Waals surface area contributed by atoms with E-state index in [0.29, 0.717) is 6.54 Å². The lowest BCUT2D eigenvalue weighted by Crippen LogP contribution is -2.47.